The second kappa shape index (κ2) is 11.6. The fraction of sp³-hybridized carbons (Fsp3) is 0.538. The Balaban J connectivity index is 1.12. The standard InChI is InChI=1S/C26H32N8O4/c35-23(15-33-12-2-6-25(33)37)27-21-10-8-19(29-31-21)17-4-1-5-18(14-17)20-9-11-22(32-30-20)28-24(36)16-34-13-3-7-26(34)38/h8-11,17-18H,1-7,12-16H2,(H,27,31,35)(H,28,32,36)/t17-,18-/m0/s1. The predicted octanol–water partition coefficient (Wildman–Crippen LogP) is 1.83. The van der Waals surface area contributed by atoms with Crippen molar-refractivity contribution in [3.8, 4) is 0 Å². The Morgan fingerprint density at radius 3 is 1.55 bits per heavy atom. The van der Waals surface area contributed by atoms with Gasteiger partial charge in [0.05, 0.1) is 24.5 Å². The first-order chi connectivity index (χ1) is 18.4. The summed E-state index contributed by atoms with van der Waals surface area (Å²) in [5, 5.41) is 22.6. The summed E-state index contributed by atoms with van der Waals surface area (Å²) in [5.41, 5.74) is 1.74. The first-order valence-corrected chi connectivity index (χ1v) is 13.3. The van der Waals surface area contributed by atoms with E-state index in [1.54, 1.807) is 21.9 Å². The van der Waals surface area contributed by atoms with E-state index in [1.807, 2.05) is 12.1 Å². The minimum absolute atomic E-state index is 0.00715. The number of likely N-dealkylation sites (tertiary alicyclic amines) is 2. The molecule has 1 aliphatic carbocycles. The SMILES string of the molecule is O=C(CN1CCCC1=O)Nc1ccc([C@H]2CCC[C@H](c3ccc(NC(=O)CN4CCCC4=O)nn3)C2)nn1. The number of carbonyl (C=O) groups excluding carboxylic acids is 4. The van der Waals surface area contributed by atoms with Crippen molar-refractivity contribution in [2.75, 3.05) is 36.8 Å². The molecule has 2 atom stereocenters. The highest BCUT2D eigenvalue weighted by atomic mass is 16.2. The van der Waals surface area contributed by atoms with Gasteiger partial charge in [-0.3, -0.25) is 19.2 Å². The van der Waals surface area contributed by atoms with E-state index in [0.717, 1.165) is 49.9 Å². The minimum atomic E-state index is -0.275. The van der Waals surface area contributed by atoms with Crippen LogP contribution in [0, 0.1) is 0 Å². The quantitative estimate of drug-likeness (QED) is 0.535. The van der Waals surface area contributed by atoms with Crippen LogP contribution >= 0.6 is 0 Å². The summed E-state index contributed by atoms with van der Waals surface area (Å²) < 4.78 is 0. The van der Waals surface area contributed by atoms with Crippen LogP contribution in [0.4, 0.5) is 11.6 Å². The smallest absolute Gasteiger partial charge is 0.245 e. The molecule has 2 aliphatic heterocycles. The molecular weight excluding hydrogens is 488 g/mol. The summed E-state index contributed by atoms with van der Waals surface area (Å²) in [5.74, 6) is 0.636. The zero-order valence-electron chi connectivity index (χ0n) is 21.3. The fourth-order valence-electron chi connectivity index (χ4n) is 5.43. The number of hydrogen-bond acceptors (Lipinski definition) is 8. The van der Waals surface area contributed by atoms with Gasteiger partial charge in [0.2, 0.25) is 23.6 Å². The molecule has 0 unspecified atom stereocenters. The lowest BCUT2D eigenvalue weighted by molar-refractivity contribution is -0.131. The second-order valence-corrected chi connectivity index (χ2v) is 10.2. The van der Waals surface area contributed by atoms with Crippen molar-refractivity contribution in [2.45, 2.75) is 63.2 Å². The molecule has 5 rings (SSSR count). The number of hydrogen-bond donors (Lipinski definition) is 2. The van der Waals surface area contributed by atoms with Gasteiger partial charge in [-0.05, 0) is 56.4 Å². The molecule has 1 saturated carbocycles. The molecule has 200 valence electrons. The van der Waals surface area contributed by atoms with Crippen molar-refractivity contribution in [1.29, 1.82) is 0 Å². The summed E-state index contributed by atoms with van der Waals surface area (Å²) in [4.78, 5) is 51.0. The Kier molecular flexibility index (Phi) is 7.85. The van der Waals surface area contributed by atoms with Crippen LogP contribution in [0.15, 0.2) is 24.3 Å². The third-order valence-electron chi connectivity index (χ3n) is 7.43. The number of rotatable bonds is 8. The molecule has 2 N–H and O–H groups in total. The van der Waals surface area contributed by atoms with Gasteiger partial charge in [0.25, 0.3) is 0 Å². The van der Waals surface area contributed by atoms with Crippen LogP contribution in [-0.2, 0) is 19.2 Å². The summed E-state index contributed by atoms with van der Waals surface area (Å²) in [7, 11) is 0. The molecule has 3 aliphatic rings. The number of nitrogens with zero attached hydrogens (tertiary/aromatic N) is 6. The Hall–Kier alpha value is -3.96. The third kappa shape index (κ3) is 6.29. The predicted molar refractivity (Wildman–Crippen MR) is 137 cm³/mol. The Labute approximate surface area is 220 Å². The molecule has 4 amide bonds. The summed E-state index contributed by atoms with van der Waals surface area (Å²) >= 11 is 0. The Morgan fingerprint density at radius 2 is 1.18 bits per heavy atom. The van der Waals surface area contributed by atoms with Crippen LogP contribution < -0.4 is 10.6 Å². The average Bonchev–Trinajstić information content (AvgIpc) is 3.52. The van der Waals surface area contributed by atoms with Crippen LogP contribution in [0.1, 0.15) is 74.6 Å². The molecule has 0 aromatic carbocycles. The van der Waals surface area contributed by atoms with Crippen molar-refractivity contribution in [2.24, 2.45) is 0 Å². The number of nitrogens with one attached hydrogen (secondary N) is 2. The molecule has 0 radical (unpaired) electrons. The highest BCUT2D eigenvalue weighted by molar-refractivity contribution is 5.94. The second-order valence-electron chi connectivity index (χ2n) is 10.2. The molecule has 12 heteroatoms. The lowest BCUT2D eigenvalue weighted by Gasteiger charge is -2.28. The van der Waals surface area contributed by atoms with Crippen molar-refractivity contribution in [3.05, 3.63) is 35.7 Å². The average molecular weight is 521 g/mol. The van der Waals surface area contributed by atoms with Gasteiger partial charge in [0, 0.05) is 37.8 Å². The van der Waals surface area contributed by atoms with E-state index in [2.05, 4.69) is 31.0 Å². The molecule has 0 bridgehead atoms. The van der Waals surface area contributed by atoms with Crippen molar-refractivity contribution >= 4 is 35.3 Å². The minimum Gasteiger partial charge on any atom is -0.333 e. The van der Waals surface area contributed by atoms with Crippen LogP contribution in [0.3, 0.4) is 0 Å². The molecule has 12 nitrogen and oxygen atoms in total. The van der Waals surface area contributed by atoms with Crippen LogP contribution in [-0.4, -0.2) is 80.0 Å². The van der Waals surface area contributed by atoms with E-state index < -0.39 is 0 Å². The molecule has 3 fully saturated rings. The van der Waals surface area contributed by atoms with Crippen molar-refractivity contribution < 1.29 is 19.2 Å². The fourth-order valence-corrected chi connectivity index (χ4v) is 5.43. The van der Waals surface area contributed by atoms with Gasteiger partial charge in [-0.1, -0.05) is 6.42 Å². The van der Waals surface area contributed by atoms with Gasteiger partial charge in [-0.25, -0.2) is 0 Å². The van der Waals surface area contributed by atoms with E-state index in [4.69, 9.17) is 0 Å². The van der Waals surface area contributed by atoms with Gasteiger partial charge in [0.1, 0.15) is 0 Å². The summed E-state index contributed by atoms with van der Waals surface area (Å²) in [6.45, 7) is 1.30. The van der Waals surface area contributed by atoms with Gasteiger partial charge in [-0.2, -0.15) is 10.2 Å². The molecule has 0 spiro atoms. The maximum atomic E-state index is 12.2. The third-order valence-corrected chi connectivity index (χ3v) is 7.43. The Bertz CT molecular complexity index is 1100. The molecule has 2 aromatic rings. The van der Waals surface area contributed by atoms with Crippen LogP contribution in [0.25, 0.3) is 0 Å². The Morgan fingerprint density at radius 1 is 0.711 bits per heavy atom. The van der Waals surface area contributed by atoms with Crippen LogP contribution in [0.2, 0.25) is 0 Å². The zero-order chi connectivity index (χ0) is 26.5. The lowest BCUT2D eigenvalue weighted by Crippen LogP contribution is -2.34. The summed E-state index contributed by atoms with van der Waals surface area (Å²) in [6, 6.07) is 7.30. The van der Waals surface area contributed by atoms with Gasteiger partial charge < -0.3 is 20.4 Å². The number of aromatic nitrogens is 4. The molecule has 2 aromatic heterocycles. The molecule has 2 saturated heterocycles. The van der Waals surface area contributed by atoms with Gasteiger partial charge in [-0.15, -0.1) is 10.2 Å². The monoisotopic (exact) mass is 520 g/mol. The van der Waals surface area contributed by atoms with E-state index in [1.165, 1.54) is 0 Å². The van der Waals surface area contributed by atoms with Crippen molar-refractivity contribution in [3.63, 3.8) is 0 Å². The zero-order valence-corrected chi connectivity index (χ0v) is 21.3. The van der Waals surface area contributed by atoms with Gasteiger partial charge in [0.15, 0.2) is 11.6 Å². The molecule has 4 heterocycles. The van der Waals surface area contributed by atoms with Crippen LogP contribution in [0.5, 0.6) is 0 Å². The molecular formula is C26H32N8O4. The van der Waals surface area contributed by atoms with E-state index in [9.17, 15) is 19.2 Å². The molecule has 38 heavy (non-hydrogen) atoms. The highest BCUT2D eigenvalue weighted by Gasteiger charge is 2.28. The highest BCUT2D eigenvalue weighted by Crippen LogP contribution is 2.40. The van der Waals surface area contributed by atoms with E-state index >= 15 is 0 Å². The largest absolute Gasteiger partial charge is 0.333 e. The van der Waals surface area contributed by atoms with Gasteiger partial charge >= 0.3 is 0 Å². The topological polar surface area (TPSA) is 150 Å². The van der Waals surface area contributed by atoms with E-state index in [-0.39, 0.29) is 48.6 Å². The maximum Gasteiger partial charge on any atom is 0.245 e. The number of carbonyl (C=O) groups is 4. The number of amides is 4. The summed E-state index contributed by atoms with van der Waals surface area (Å²) in [6.07, 6.45) is 6.43. The lowest BCUT2D eigenvalue weighted by atomic mass is 9.78. The first-order valence-electron chi connectivity index (χ1n) is 13.3. The first kappa shape index (κ1) is 25.7. The van der Waals surface area contributed by atoms with E-state index in [0.29, 0.717) is 37.6 Å². The van der Waals surface area contributed by atoms with Crippen molar-refractivity contribution in [1.82, 2.24) is 30.2 Å². The number of anilines is 2. The normalized spacial score (nSPS) is 21.6. The maximum absolute atomic E-state index is 12.2.